The average molecular weight is 485 g/mol. The summed E-state index contributed by atoms with van der Waals surface area (Å²) in [5.41, 5.74) is 1.20. The zero-order valence-corrected chi connectivity index (χ0v) is 19.2. The lowest BCUT2D eigenvalue weighted by Crippen LogP contribution is -2.47. The Morgan fingerprint density at radius 3 is 2.81 bits per heavy atom. The molecular formula is C20H22Cl2N4O4S. The van der Waals surface area contributed by atoms with Crippen molar-refractivity contribution in [3.63, 3.8) is 0 Å². The average Bonchev–Trinajstić information content (AvgIpc) is 2.79. The van der Waals surface area contributed by atoms with E-state index in [4.69, 9.17) is 27.9 Å². The fraction of sp³-hybridized carbons (Fsp3) is 0.400. The molecule has 31 heavy (non-hydrogen) atoms. The van der Waals surface area contributed by atoms with Crippen molar-refractivity contribution >= 4 is 46.8 Å². The van der Waals surface area contributed by atoms with Crippen molar-refractivity contribution in [2.75, 3.05) is 39.1 Å². The number of aromatic nitrogens is 2. The summed E-state index contributed by atoms with van der Waals surface area (Å²) in [5, 5.41) is 12.2. The number of halogens is 2. The van der Waals surface area contributed by atoms with E-state index in [0.29, 0.717) is 34.8 Å². The molecule has 0 aliphatic carbocycles. The maximum atomic E-state index is 12.2. The number of nitrogens with zero attached hydrogens (tertiary/aromatic N) is 3. The van der Waals surface area contributed by atoms with Gasteiger partial charge in [-0.1, -0.05) is 41.0 Å². The number of hydrogen-bond donors (Lipinski definition) is 1. The Morgan fingerprint density at radius 2 is 2.10 bits per heavy atom. The van der Waals surface area contributed by atoms with Gasteiger partial charge in [0.1, 0.15) is 5.03 Å². The van der Waals surface area contributed by atoms with Gasteiger partial charge in [-0.05, 0) is 29.8 Å². The first-order chi connectivity index (χ1) is 14.9. The van der Waals surface area contributed by atoms with Crippen LogP contribution in [0.5, 0.6) is 0 Å². The summed E-state index contributed by atoms with van der Waals surface area (Å²) in [5.74, 6) is -0.497. The van der Waals surface area contributed by atoms with E-state index in [1.54, 1.807) is 12.1 Å². The van der Waals surface area contributed by atoms with Crippen LogP contribution in [0.15, 0.2) is 35.4 Å². The largest absolute Gasteiger partial charge is 0.464 e. The Labute approximate surface area is 194 Å². The molecular weight excluding hydrogens is 463 g/mol. The molecule has 1 aromatic heterocycles. The Balaban J connectivity index is 1.40. The summed E-state index contributed by atoms with van der Waals surface area (Å²) < 4.78 is 10.3. The standard InChI is InChI=1S/C20H22Cl2N4O4S/c1-29-20(28)17-4-5-19(25-24-17)31-12-18(27)23-9-14-11-26(6-7-30-14)10-13-2-3-15(21)16(22)8-13/h2-5,8,14H,6-7,9-12H2,1H3,(H,23,27). The zero-order chi connectivity index (χ0) is 22.2. The molecule has 0 saturated carbocycles. The van der Waals surface area contributed by atoms with E-state index < -0.39 is 5.97 Å². The molecule has 1 fully saturated rings. The predicted molar refractivity (Wildman–Crippen MR) is 119 cm³/mol. The minimum atomic E-state index is -0.553. The molecule has 1 aliphatic heterocycles. The zero-order valence-electron chi connectivity index (χ0n) is 16.8. The highest BCUT2D eigenvalue weighted by molar-refractivity contribution is 7.99. The fourth-order valence-corrected chi connectivity index (χ4v) is 3.94. The topological polar surface area (TPSA) is 93.7 Å². The van der Waals surface area contributed by atoms with E-state index in [1.165, 1.54) is 24.9 Å². The maximum absolute atomic E-state index is 12.2. The second-order valence-corrected chi connectivity index (χ2v) is 8.63. The summed E-state index contributed by atoms with van der Waals surface area (Å²) in [7, 11) is 1.28. The first kappa shape index (κ1) is 23.7. The second kappa shape index (κ2) is 11.6. The number of nitrogens with one attached hydrogen (secondary N) is 1. The number of methoxy groups -OCH3 is 1. The van der Waals surface area contributed by atoms with Gasteiger partial charge in [-0.3, -0.25) is 9.69 Å². The number of carbonyl (C=O) groups is 2. The highest BCUT2D eigenvalue weighted by Gasteiger charge is 2.21. The van der Waals surface area contributed by atoms with Gasteiger partial charge in [0, 0.05) is 26.2 Å². The van der Waals surface area contributed by atoms with Gasteiger partial charge in [-0.25, -0.2) is 4.79 Å². The van der Waals surface area contributed by atoms with E-state index >= 15 is 0 Å². The molecule has 2 aromatic rings. The normalized spacial score (nSPS) is 16.7. The molecule has 1 aromatic carbocycles. The summed E-state index contributed by atoms with van der Waals surface area (Å²) in [6.45, 7) is 3.26. The number of carbonyl (C=O) groups excluding carboxylic acids is 2. The van der Waals surface area contributed by atoms with E-state index in [0.717, 1.165) is 18.7 Å². The van der Waals surface area contributed by atoms with Crippen LogP contribution in [0, 0.1) is 0 Å². The molecule has 0 spiro atoms. The number of benzene rings is 1. The number of esters is 1. The van der Waals surface area contributed by atoms with E-state index in [2.05, 4.69) is 25.2 Å². The van der Waals surface area contributed by atoms with Crippen molar-refractivity contribution in [2.45, 2.75) is 17.7 Å². The molecule has 3 rings (SSSR count). The van der Waals surface area contributed by atoms with Crippen LogP contribution in [0.2, 0.25) is 10.0 Å². The number of ether oxygens (including phenoxy) is 2. The van der Waals surface area contributed by atoms with Gasteiger partial charge in [0.15, 0.2) is 5.69 Å². The van der Waals surface area contributed by atoms with Crippen LogP contribution in [-0.4, -0.2) is 72.2 Å². The van der Waals surface area contributed by atoms with Crippen LogP contribution in [0.25, 0.3) is 0 Å². The van der Waals surface area contributed by atoms with Crippen molar-refractivity contribution in [2.24, 2.45) is 0 Å². The van der Waals surface area contributed by atoms with Crippen molar-refractivity contribution in [1.82, 2.24) is 20.4 Å². The lowest BCUT2D eigenvalue weighted by atomic mass is 10.2. The quantitative estimate of drug-likeness (QED) is 0.451. The highest BCUT2D eigenvalue weighted by atomic mass is 35.5. The molecule has 1 unspecified atom stereocenters. The molecule has 1 atom stereocenters. The smallest absolute Gasteiger partial charge is 0.358 e. The van der Waals surface area contributed by atoms with Crippen LogP contribution in [0.3, 0.4) is 0 Å². The first-order valence-electron chi connectivity index (χ1n) is 9.54. The third-order valence-corrected chi connectivity index (χ3v) is 6.18. The van der Waals surface area contributed by atoms with Gasteiger partial charge in [0.05, 0.1) is 35.6 Å². The highest BCUT2D eigenvalue weighted by Crippen LogP contribution is 2.23. The van der Waals surface area contributed by atoms with Crippen LogP contribution < -0.4 is 5.32 Å². The van der Waals surface area contributed by atoms with Crippen molar-refractivity contribution in [1.29, 1.82) is 0 Å². The number of morpholine rings is 1. The van der Waals surface area contributed by atoms with Crippen LogP contribution in [0.1, 0.15) is 16.1 Å². The SMILES string of the molecule is COC(=O)c1ccc(SCC(=O)NCC2CN(Cc3ccc(Cl)c(Cl)c3)CCO2)nn1. The molecule has 1 amide bonds. The van der Waals surface area contributed by atoms with Gasteiger partial charge in [0.25, 0.3) is 0 Å². The monoisotopic (exact) mass is 484 g/mol. The molecule has 8 nitrogen and oxygen atoms in total. The lowest BCUT2D eigenvalue weighted by molar-refractivity contribution is -0.119. The van der Waals surface area contributed by atoms with Gasteiger partial charge < -0.3 is 14.8 Å². The van der Waals surface area contributed by atoms with E-state index in [1.807, 2.05) is 12.1 Å². The molecule has 0 bridgehead atoms. The van der Waals surface area contributed by atoms with Gasteiger partial charge in [-0.2, -0.15) is 0 Å². The van der Waals surface area contributed by atoms with Crippen LogP contribution in [-0.2, 0) is 20.8 Å². The summed E-state index contributed by atoms with van der Waals surface area (Å²) >= 11 is 13.3. The van der Waals surface area contributed by atoms with Gasteiger partial charge in [-0.15, -0.1) is 10.2 Å². The molecule has 11 heteroatoms. The lowest BCUT2D eigenvalue weighted by Gasteiger charge is -2.33. The minimum absolute atomic E-state index is 0.0930. The number of hydrogen-bond acceptors (Lipinski definition) is 8. The Kier molecular flexibility index (Phi) is 8.91. The minimum Gasteiger partial charge on any atom is -0.464 e. The second-order valence-electron chi connectivity index (χ2n) is 6.82. The predicted octanol–water partition coefficient (Wildman–Crippen LogP) is 2.68. The third kappa shape index (κ3) is 7.33. The molecule has 0 radical (unpaired) electrons. The van der Waals surface area contributed by atoms with Crippen LogP contribution >= 0.6 is 35.0 Å². The van der Waals surface area contributed by atoms with E-state index in [9.17, 15) is 9.59 Å². The number of rotatable bonds is 8. The first-order valence-corrected chi connectivity index (χ1v) is 11.3. The number of amides is 1. The Bertz CT molecular complexity index is 917. The van der Waals surface area contributed by atoms with Crippen molar-refractivity contribution in [3.8, 4) is 0 Å². The third-order valence-electron chi connectivity index (χ3n) is 4.53. The van der Waals surface area contributed by atoms with Gasteiger partial charge >= 0.3 is 5.97 Å². The fourth-order valence-electron chi connectivity index (χ4n) is 2.97. The molecule has 1 aliphatic rings. The Hall–Kier alpha value is -1.91. The Morgan fingerprint density at radius 1 is 1.26 bits per heavy atom. The molecule has 166 valence electrons. The maximum Gasteiger partial charge on any atom is 0.358 e. The summed E-state index contributed by atoms with van der Waals surface area (Å²) in [6.07, 6.45) is -0.0930. The van der Waals surface area contributed by atoms with Crippen LogP contribution in [0.4, 0.5) is 0 Å². The van der Waals surface area contributed by atoms with Crippen molar-refractivity contribution < 1.29 is 19.1 Å². The van der Waals surface area contributed by atoms with Crippen molar-refractivity contribution in [3.05, 3.63) is 51.6 Å². The summed E-state index contributed by atoms with van der Waals surface area (Å²) in [4.78, 5) is 25.8. The molecule has 1 N–H and O–H groups in total. The van der Waals surface area contributed by atoms with E-state index in [-0.39, 0.29) is 23.5 Å². The summed E-state index contributed by atoms with van der Waals surface area (Å²) in [6, 6.07) is 8.76. The van der Waals surface area contributed by atoms with Gasteiger partial charge in [0.2, 0.25) is 5.91 Å². The number of thioether (sulfide) groups is 1. The molecule has 2 heterocycles. The molecule has 1 saturated heterocycles.